The van der Waals surface area contributed by atoms with Crippen LogP contribution in [-0.2, 0) is 6.42 Å². The normalized spacial score (nSPS) is 14.4. The van der Waals surface area contributed by atoms with Crippen molar-refractivity contribution in [3.8, 4) is 11.6 Å². The molecule has 1 amide bonds. The molecule has 3 aromatic heterocycles. The minimum absolute atomic E-state index is 0.0354. The first kappa shape index (κ1) is 27.3. The molecule has 0 spiro atoms. The van der Waals surface area contributed by atoms with Crippen LogP contribution in [-0.4, -0.2) is 69.1 Å². The van der Waals surface area contributed by atoms with Crippen molar-refractivity contribution >= 4 is 17.4 Å². The molecule has 0 radical (unpaired) electrons. The lowest BCUT2D eigenvalue weighted by Crippen LogP contribution is -2.35. The summed E-state index contributed by atoms with van der Waals surface area (Å²) in [4.78, 5) is 36.4. The van der Waals surface area contributed by atoms with Gasteiger partial charge >= 0.3 is 0 Å². The van der Waals surface area contributed by atoms with Gasteiger partial charge < -0.3 is 19.7 Å². The third kappa shape index (κ3) is 7.85. The smallest absolute Gasteiger partial charge is 0.257 e. The lowest BCUT2D eigenvalue weighted by atomic mass is 10.1. The van der Waals surface area contributed by atoms with Crippen molar-refractivity contribution < 1.29 is 19.1 Å². The molecule has 38 heavy (non-hydrogen) atoms. The number of carbonyl (C=O) groups excluding carboxylic acids is 2. The number of H-pyrrole nitrogens is 1. The first-order valence-electron chi connectivity index (χ1n) is 13.2. The molecule has 0 saturated carbocycles. The molecule has 0 aliphatic carbocycles. The van der Waals surface area contributed by atoms with Crippen LogP contribution in [0.5, 0.6) is 11.6 Å². The summed E-state index contributed by atoms with van der Waals surface area (Å²) >= 11 is 0. The number of Topliss-reactive ketones (excluding diaryl/α,β-unsaturated/α-hetero) is 1. The van der Waals surface area contributed by atoms with Crippen LogP contribution in [0.3, 0.4) is 0 Å². The molecule has 1 aliphatic rings. The lowest BCUT2D eigenvalue weighted by molar-refractivity contribution is 0.0975. The zero-order chi connectivity index (χ0) is 26.9. The number of ether oxygens (including phenoxy) is 2. The molecule has 1 aliphatic heterocycles. The van der Waals surface area contributed by atoms with E-state index in [0.29, 0.717) is 35.7 Å². The Morgan fingerprint density at radius 2 is 1.95 bits per heavy atom. The van der Waals surface area contributed by atoms with Gasteiger partial charge in [0.1, 0.15) is 17.5 Å². The number of piperidine rings is 1. The Labute approximate surface area is 223 Å². The second kappa shape index (κ2) is 13.1. The molecule has 1 saturated heterocycles. The molecule has 4 heterocycles. The van der Waals surface area contributed by atoms with E-state index in [1.807, 2.05) is 32.2 Å². The number of ketones is 1. The topological polar surface area (TPSA) is 122 Å². The highest BCUT2D eigenvalue weighted by molar-refractivity contribution is 6.08. The summed E-state index contributed by atoms with van der Waals surface area (Å²) < 4.78 is 11.6. The van der Waals surface area contributed by atoms with Gasteiger partial charge in [-0.3, -0.25) is 19.7 Å². The molecule has 0 aromatic carbocycles. The van der Waals surface area contributed by atoms with Gasteiger partial charge in [-0.05, 0) is 64.6 Å². The maximum Gasteiger partial charge on any atom is 0.257 e. The minimum Gasteiger partial charge on any atom is -0.489 e. The highest BCUT2D eigenvalue weighted by Gasteiger charge is 2.19. The van der Waals surface area contributed by atoms with E-state index in [2.05, 4.69) is 37.4 Å². The monoisotopic (exact) mass is 520 g/mol. The zero-order valence-corrected chi connectivity index (χ0v) is 22.3. The number of aryl methyl sites for hydroxylation is 1. The number of carbonyl (C=O) groups is 2. The highest BCUT2D eigenvalue weighted by Crippen LogP contribution is 2.20. The molecule has 0 atom stereocenters. The van der Waals surface area contributed by atoms with Crippen LogP contribution in [0.2, 0.25) is 0 Å². The first-order valence-corrected chi connectivity index (χ1v) is 13.2. The molecule has 1 fully saturated rings. The van der Waals surface area contributed by atoms with Crippen LogP contribution < -0.4 is 14.8 Å². The van der Waals surface area contributed by atoms with Crippen molar-refractivity contribution in [2.75, 3.05) is 25.5 Å². The van der Waals surface area contributed by atoms with Gasteiger partial charge in [0, 0.05) is 38.0 Å². The van der Waals surface area contributed by atoms with Gasteiger partial charge in [0.05, 0.1) is 29.7 Å². The van der Waals surface area contributed by atoms with Gasteiger partial charge in [-0.25, -0.2) is 4.98 Å². The third-order valence-corrected chi connectivity index (χ3v) is 6.38. The first-order chi connectivity index (χ1) is 18.4. The number of anilines is 1. The number of rotatable bonds is 12. The molecule has 0 unspecified atom stereocenters. The lowest BCUT2D eigenvalue weighted by Gasteiger charge is -2.28. The average Bonchev–Trinajstić information content (AvgIpc) is 3.37. The number of nitrogens with zero attached hydrogens (tertiary/aromatic N) is 4. The summed E-state index contributed by atoms with van der Waals surface area (Å²) in [7, 11) is 2.13. The Kier molecular flexibility index (Phi) is 9.42. The van der Waals surface area contributed by atoms with Crippen LogP contribution in [0.1, 0.15) is 72.4 Å². The van der Waals surface area contributed by atoms with Crippen molar-refractivity contribution in [1.82, 2.24) is 25.1 Å². The van der Waals surface area contributed by atoms with E-state index in [1.165, 1.54) is 12.4 Å². The quantitative estimate of drug-likeness (QED) is 0.268. The van der Waals surface area contributed by atoms with Gasteiger partial charge in [-0.1, -0.05) is 6.07 Å². The summed E-state index contributed by atoms with van der Waals surface area (Å²) in [5.74, 6) is 0.679. The van der Waals surface area contributed by atoms with Crippen molar-refractivity contribution in [3.05, 3.63) is 59.8 Å². The number of hydrogen-bond donors (Lipinski definition) is 2. The van der Waals surface area contributed by atoms with Crippen molar-refractivity contribution in [2.45, 2.75) is 64.6 Å². The van der Waals surface area contributed by atoms with Crippen LogP contribution in [0.4, 0.5) is 5.69 Å². The van der Waals surface area contributed by atoms with Gasteiger partial charge in [-0.15, -0.1) is 0 Å². The van der Waals surface area contributed by atoms with E-state index in [9.17, 15) is 9.59 Å². The molecule has 4 rings (SSSR count). The number of pyridine rings is 2. The van der Waals surface area contributed by atoms with Gasteiger partial charge in [0.25, 0.3) is 5.91 Å². The van der Waals surface area contributed by atoms with E-state index in [0.717, 1.165) is 44.3 Å². The summed E-state index contributed by atoms with van der Waals surface area (Å²) in [6.07, 6.45) is 11.2. The number of hydrogen-bond acceptors (Lipinski definition) is 8. The molecule has 0 bridgehead atoms. The van der Waals surface area contributed by atoms with Gasteiger partial charge in [-0.2, -0.15) is 5.10 Å². The summed E-state index contributed by atoms with van der Waals surface area (Å²) in [6, 6.07) is 5.59. The molecule has 3 aromatic rings. The van der Waals surface area contributed by atoms with Gasteiger partial charge in [0.15, 0.2) is 5.78 Å². The molecule has 202 valence electrons. The van der Waals surface area contributed by atoms with E-state index in [4.69, 9.17) is 9.47 Å². The zero-order valence-electron chi connectivity index (χ0n) is 22.3. The van der Waals surface area contributed by atoms with E-state index < -0.39 is 5.91 Å². The van der Waals surface area contributed by atoms with E-state index in [1.54, 1.807) is 12.3 Å². The highest BCUT2D eigenvalue weighted by atomic mass is 16.5. The Balaban J connectivity index is 1.22. The van der Waals surface area contributed by atoms with Crippen LogP contribution in [0, 0.1) is 0 Å². The number of unbranched alkanes of at least 4 members (excludes halogenated alkanes) is 1. The SMILES string of the molecule is CC(C)Oc1cncc(C(=O)Nc2cn[nH]c2C(=O)CCCCc2ccc(OC3CCN(C)CC3)nc2)c1. The standard InChI is InChI=1S/C28H36N6O4/c1-19(2)37-23-14-21(16-29-17-23)28(36)32-24-18-31-33-27(24)25(35)7-5-4-6-20-8-9-26(30-15-20)38-22-10-12-34(3)13-11-22/h8-9,14-19,22H,4-7,10-13H2,1-3H3,(H,31,33)(H,32,36). The van der Waals surface area contributed by atoms with Crippen LogP contribution >= 0.6 is 0 Å². The Morgan fingerprint density at radius 3 is 2.68 bits per heavy atom. The van der Waals surface area contributed by atoms with Crippen molar-refractivity contribution in [3.63, 3.8) is 0 Å². The predicted octanol–water partition coefficient (Wildman–Crippen LogP) is 4.31. The third-order valence-electron chi connectivity index (χ3n) is 6.38. The fourth-order valence-electron chi connectivity index (χ4n) is 4.31. The van der Waals surface area contributed by atoms with Crippen LogP contribution in [0.15, 0.2) is 43.0 Å². The van der Waals surface area contributed by atoms with E-state index >= 15 is 0 Å². The molecule has 10 heteroatoms. The Morgan fingerprint density at radius 1 is 1.13 bits per heavy atom. The van der Waals surface area contributed by atoms with Crippen LogP contribution in [0.25, 0.3) is 0 Å². The predicted molar refractivity (Wildman–Crippen MR) is 144 cm³/mol. The number of aromatic amines is 1. The second-order valence-electron chi connectivity index (χ2n) is 9.94. The molecule has 2 N–H and O–H groups in total. The maximum atomic E-state index is 12.8. The summed E-state index contributed by atoms with van der Waals surface area (Å²) in [6.45, 7) is 5.89. The number of nitrogens with one attached hydrogen (secondary N) is 2. The maximum absolute atomic E-state index is 12.8. The van der Waals surface area contributed by atoms with Crippen molar-refractivity contribution in [1.29, 1.82) is 0 Å². The average molecular weight is 521 g/mol. The van der Waals surface area contributed by atoms with Crippen molar-refractivity contribution in [2.24, 2.45) is 0 Å². The Hall–Kier alpha value is -3.79. The Bertz CT molecular complexity index is 1200. The van der Waals surface area contributed by atoms with E-state index in [-0.39, 0.29) is 23.7 Å². The number of likely N-dealkylation sites (tertiary alicyclic amines) is 1. The molecular formula is C28H36N6O4. The molecule has 10 nitrogen and oxygen atoms in total. The molecular weight excluding hydrogens is 484 g/mol. The summed E-state index contributed by atoms with van der Waals surface area (Å²) in [5, 5.41) is 9.42. The number of amides is 1. The number of aromatic nitrogens is 4. The minimum atomic E-state index is -0.391. The fraction of sp³-hybridized carbons (Fsp3) is 0.464. The summed E-state index contributed by atoms with van der Waals surface area (Å²) in [5.41, 5.74) is 2.08. The van der Waals surface area contributed by atoms with Gasteiger partial charge in [0.2, 0.25) is 5.88 Å². The fourth-order valence-corrected chi connectivity index (χ4v) is 4.31. The second-order valence-corrected chi connectivity index (χ2v) is 9.94. The largest absolute Gasteiger partial charge is 0.489 e.